The molecule has 1 aliphatic heterocycles. The second kappa shape index (κ2) is 5.98. The van der Waals surface area contributed by atoms with E-state index in [0.717, 1.165) is 6.33 Å². The smallest absolute Gasteiger partial charge is 0.387 e. The van der Waals surface area contributed by atoms with Crippen molar-refractivity contribution in [1.82, 2.24) is 19.5 Å². The number of hydrogen-bond acceptors (Lipinski definition) is 10. The van der Waals surface area contributed by atoms with Gasteiger partial charge >= 0.3 is 7.82 Å². The lowest BCUT2D eigenvalue weighted by molar-refractivity contribution is -0.161. The topological polar surface area (TPSA) is 206 Å². The molecular formula is C10H14N5O8P. The Kier molecular flexibility index (Phi) is 4.27. The van der Waals surface area contributed by atoms with Gasteiger partial charge in [0, 0.05) is 0 Å². The second-order valence-electron chi connectivity index (χ2n) is 5.04. The minimum absolute atomic E-state index is 0.0909. The summed E-state index contributed by atoms with van der Waals surface area (Å²) in [7, 11) is -5.03. The average molecular weight is 363 g/mol. The van der Waals surface area contributed by atoms with Crippen LogP contribution in [0, 0.1) is 0 Å². The number of hydrogen-bond donors (Lipinski definition) is 6. The van der Waals surface area contributed by atoms with Crippen molar-refractivity contribution >= 4 is 24.8 Å². The van der Waals surface area contributed by atoms with Crippen LogP contribution in [0.1, 0.15) is 6.23 Å². The van der Waals surface area contributed by atoms with E-state index in [9.17, 15) is 19.9 Å². The van der Waals surface area contributed by atoms with Gasteiger partial charge in [-0.2, -0.15) is 0 Å². The summed E-state index contributed by atoms with van der Waals surface area (Å²) in [6, 6.07) is 0. The lowest BCUT2D eigenvalue weighted by atomic mass is 10.1. The number of anilines is 1. The van der Waals surface area contributed by atoms with Crippen LogP contribution in [0.25, 0.3) is 11.2 Å². The van der Waals surface area contributed by atoms with E-state index < -0.39 is 38.7 Å². The zero-order valence-corrected chi connectivity index (χ0v) is 12.7. The van der Waals surface area contributed by atoms with Crippen molar-refractivity contribution in [2.75, 3.05) is 5.73 Å². The second-order valence-corrected chi connectivity index (χ2v) is 6.23. The van der Waals surface area contributed by atoms with Gasteiger partial charge in [0.15, 0.2) is 24.0 Å². The maximum absolute atomic E-state index is 10.8. The van der Waals surface area contributed by atoms with E-state index in [1.54, 1.807) is 0 Å². The van der Waals surface area contributed by atoms with E-state index in [4.69, 9.17) is 20.3 Å². The van der Waals surface area contributed by atoms with Crippen LogP contribution >= 0.6 is 7.82 Å². The zero-order chi connectivity index (χ0) is 17.6. The molecule has 0 saturated carbocycles. The monoisotopic (exact) mass is 363 g/mol. The molecule has 13 nitrogen and oxygen atoms in total. The molecule has 1 aliphatic rings. The molecular weight excluding hydrogens is 349 g/mol. The first-order valence-electron chi connectivity index (χ1n) is 6.55. The van der Waals surface area contributed by atoms with Gasteiger partial charge in [-0.25, -0.2) is 19.5 Å². The number of phosphoric ester groups is 1. The summed E-state index contributed by atoms with van der Waals surface area (Å²) in [4.78, 5) is 29.1. The Hall–Kier alpha value is -1.70. The normalized spacial score (nSPS) is 29.2. The van der Waals surface area contributed by atoms with Crippen molar-refractivity contribution in [3.8, 4) is 0 Å². The van der Waals surface area contributed by atoms with Gasteiger partial charge in [-0.05, 0) is 0 Å². The molecule has 0 bridgehead atoms. The lowest BCUT2D eigenvalue weighted by Crippen LogP contribution is -2.39. The Balaban J connectivity index is 1.89. The number of aliphatic hydroxyl groups is 3. The highest BCUT2D eigenvalue weighted by Crippen LogP contribution is 2.41. The van der Waals surface area contributed by atoms with Crippen LogP contribution in [0.3, 0.4) is 0 Å². The fourth-order valence-electron chi connectivity index (χ4n) is 2.41. The lowest BCUT2D eigenvalue weighted by Gasteiger charge is -2.21. The first-order chi connectivity index (χ1) is 11.2. The summed E-state index contributed by atoms with van der Waals surface area (Å²) in [6.45, 7) is 0. The van der Waals surface area contributed by atoms with Gasteiger partial charge in [-0.1, -0.05) is 0 Å². The minimum atomic E-state index is -5.03. The molecule has 1 fully saturated rings. The highest BCUT2D eigenvalue weighted by atomic mass is 31.2. The third-order valence-electron chi connectivity index (χ3n) is 3.46. The highest BCUT2D eigenvalue weighted by Gasteiger charge is 2.49. The number of imidazole rings is 1. The first kappa shape index (κ1) is 17.1. The van der Waals surface area contributed by atoms with Gasteiger partial charge in [-0.15, -0.1) is 0 Å². The fraction of sp³-hybridized carbons (Fsp3) is 0.500. The minimum Gasteiger partial charge on any atom is -0.387 e. The van der Waals surface area contributed by atoms with Crippen molar-refractivity contribution in [2.45, 2.75) is 30.8 Å². The largest absolute Gasteiger partial charge is 0.472 e. The van der Waals surface area contributed by atoms with E-state index in [2.05, 4.69) is 19.5 Å². The third kappa shape index (κ3) is 2.99. The molecule has 3 rings (SSSR count). The molecule has 1 saturated heterocycles. The summed E-state index contributed by atoms with van der Waals surface area (Å²) in [6.07, 6.45) is -5.89. The van der Waals surface area contributed by atoms with Crippen molar-refractivity contribution in [3.05, 3.63) is 12.7 Å². The van der Waals surface area contributed by atoms with Crippen LogP contribution < -0.4 is 5.73 Å². The summed E-state index contributed by atoms with van der Waals surface area (Å²) in [5.74, 6) is 0.0909. The van der Waals surface area contributed by atoms with Crippen LogP contribution in [-0.4, -0.2) is 69.2 Å². The van der Waals surface area contributed by atoms with Crippen molar-refractivity contribution < 1.29 is 38.9 Å². The van der Waals surface area contributed by atoms with Gasteiger partial charge in [0.1, 0.15) is 30.2 Å². The Morgan fingerprint density at radius 1 is 1.29 bits per heavy atom. The summed E-state index contributed by atoms with van der Waals surface area (Å²) < 4.78 is 21.4. The molecule has 1 unspecified atom stereocenters. The van der Waals surface area contributed by atoms with Crippen molar-refractivity contribution in [3.63, 3.8) is 0 Å². The summed E-state index contributed by atoms with van der Waals surface area (Å²) in [5.41, 5.74) is 6.08. The van der Waals surface area contributed by atoms with Crippen LogP contribution in [0.5, 0.6) is 0 Å². The number of nitrogens with zero attached hydrogens (tertiary/aromatic N) is 4. The predicted molar refractivity (Wildman–Crippen MR) is 74.8 cm³/mol. The molecule has 132 valence electrons. The number of fused-ring (bicyclic) bond motifs is 1. The van der Waals surface area contributed by atoms with Crippen molar-refractivity contribution in [2.24, 2.45) is 0 Å². The first-order valence-corrected chi connectivity index (χ1v) is 8.08. The molecule has 2 aromatic rings. The number of nitrogen functional groups attached to an aromatic ring is 1. The highest BCUT2D eigenvalue weighted by molar-refractivity contribution is 7.46. The van der Waals surface area contributed by atoms with Crippen molar-refractivity contribution in [1.29, 1.82) is 0 Å². The van der Waals surface area contributed by atoms with Gasteiger partial charge < -0.3 is 35.6 Å². The Morgan fingerprint density at radius 3 is 2.67 bits per heavy atom. The molecule has 2 aromatic heterocycles. The predicted octanol–water partition coefficient (Wildman–Crippen LogP) is -2.54. The third-order valence-corrected chi connectivity index (χ3v) is 3.95. The number of aromatic nitrogens is 4. The number of aliphatic hydroxyl groups excluding tert-OH is 3. The number of rotatable bonds is 4. The summed E-state index contributed by atoms with van der Waals surface area (Å²) >= 11 is 0. The molecule has 0 aromatic carbocycles. The Bertz CT molecular complexity index is 795. The van der Waals surface area contributed by atoms with E-state index >= 15 is 0 Å². The van der Waals surface area contributed by atoms with E-state index in [0.29, 0.717) is 0 Å². The maximum Gasteiger partial charge on any atom is 0.472 e. The van der Waals surface area contributed by atoms with Gasteiger partial charge in [0.2, 0.25) is 0 Å². The molecule has 24 heavy (non-hydrogen) atoms. The standard InChI is InChI=1S/C10H14N5O8P/c11-7-3-8(13-1-12-7)15(2-14-3)9-5(17)4(16)6(22-9)10(18)23-24(19,20)21/h1-2,4-6,9-10,16-18H,(H2,11,12,13)(H2,19,20,21)/t4-,5-,6-,9+,10?/m0/s1. The van der Waals surface area contributed by atoms with Gasteiger partial charge in [-0.3, -0.25) is 9.09 Å². The van der Waals surface area contributed by atoms with Crippen LogP contribution in [0.15, 0.2) is 12.7 Å². The number of phosphoric acid groups is 1. The maximum atomic E-state index is 10.8. The summed E-state index contributed by atoms with van der Waals surface area (Å²) in [5, 5.41) is 29.7. The van der Waals surface area contributed by atoms with Crippen LogP contribution in [0.4, 0.5) is 5.82 Å². The zero-order valence-electron chi connectivity index (χ0n) is 11.8. The number of ether oxygens (including phenoxy) is 1. The molecule has 0 spiro atoms. The van der Waals surface area contributed by atoms with Crippen LogP contribution in [-0.2, 0) is 13.8 Å². The molecule has 0 aliphatic carbocycles. The molecule has 5 atom stereocenters. The van der Waals surface area contributed by atoms with E-state index in [1.165, 1.54) is 10.9 Å². The molecule has 14 heteroatoms. The molecule has 0 amide bonds. The van der Waals surface area contributed by atoms with E-state index in [1.807, 2.05) is 0 Å². The molecule has 3 heterocycles. The average Bonchev–Trinajstić information content (AvgIpc) is 3.01. The Labute approximate surface area is 133 Å². The van der Waals surface area contributed by atoms with Gasteiger partial charge in [0.25, 0.3) is 0 Å². The quantitative estimate of drug-likeness (QED) is 0.245. The van der Waals surface area contributed by atoms with Crippen LogP contribution in [0.2, 0.25) is 0 Å². The fourth-order valence-corrected chi connectivity index (χ4v) is 2.81. The number of nitrogens with two attached hydrogens (primary N) is 1. The Morgan fingerprint density at radius 2 is 2.00 bits per heavy atom. The SMILES string of the molecule is Nc1ncnc2c1ncn2[C@@H]1O[C@H](C(O)OP(=O)(O)O)[C@@H](O)[C@@H]1O. The van der Waals surface area contributed by atoms with Gasteiger partial charge in [0.05, 0.1) is 6.33 Å². The molecule has 0 radical (unpaired) electrons. The molecule has 7 N–H and O–H groups in total. The van der Waals surface area contributed by atoms with E-state index in [-0.39, 0.29) is 17.0 Å².